The van der Waals surface area contributed by atoms with Crippen LogP contribution in [-0.2, 0) is 4.74 Å². The predicted molar refractivity (Wildman–Crippen MR) is 84.1 cm³/mol. The average Bonchev–Trinajstić information content (AvgIpc) is 2.71. The van der Waals surface area contributed by atoms with Crippen molar-refractivity contribution in [1.29, 1.82) is 0 Å². The highest BCUT2D eigenvalue weighted by atomic mass is 35.5. The lowest BCUT2D eigenvalue weighted by molar-refractivity contribution is 0.0122. The van der Waals surface area contributed by atoms with E-state index < -0.39 is 11.4 Å². The molecule has 6 nitrogen and oxygen atoms in total. The molecular formula is C15H20ClFN4O2. The summed E-state index contributed by atoms with van der Waals surface area (Å²) in [6.45, 7) is 6.57. The molecule has 0 saturated carbocycles. The van der Waals surface area contributed by atoms with Crippen molar-refractivity contribution in [2.24, 2.45) is 0 Å². The minimum Gasteiger partial charge on any atom is -0.444 e. The number of rotatable bonds is 1. The van der Waals surface area contributed by atoms with Gasteiger partial charge in [0.15, 0.2) is 11.6 Å². The van der Waals surface area contributed by atoms with E-state index in [2.05, 4.69) is 9.97 Å². The molecule has 2 fully saturated rings. The van der Waals surface area contributed by atoms with Crippen molar-refractivity contribution < 1.29 is 13.9 Å². The predicted octanol–water partition coefficient (Wildman–Crippen LogP) is 2.86. The maximum absolute atomic E-state index is 14.0. The monoisotopic (exact) mass is 342 g/mol. The highest BCUT2D eigenvalue weighted by molar-refractivity contribution is 6.28. The van der Waals surface area contributed by atoms with Crippen molar-refractivity contribution >= 4 is 23.5 Å². The molecule has 8 heteroatoms. The van der Waals surface area contributed by atoms with Gasteiger partial charge in [-0.1, -0.05) is 0 Å². The molecule has 3 rings (SSSR count). The van der Waals surface area contributed by atoms with E-state index in [1.165, 1.54) is 0 Å². The molecule has 23 heavy (non-hydrogen) atoms. The Hall–Kier alpha value is -1.63. The number of hydrogen-bond donors (Lipinski definition) is 0. The van der Waals surface area contributed by atoms with Gasteiger partial charge in [0.05, 0.1) is 18.3 Å². The maximum atomic E-state index is 14.0. The summed E-state index contributed by atoms with van der Waals surface area (Å²) in [6, 6.07) is -0.00604. The van der Waals surface area contributed by atoms with Crippen LogP contribution in [0.1, 0.15) is 33.6 Å². The number of amides is 1. The second kappa shape index (κ2) is 5.78. The Bertz CT molecular complexity index is 608. The van der Waals surface area contributed by atoms with E-state index in [-0.39, 0.29) is 29.3 Å². The molecule has 0 aliphatic carbocycles. The van der Waals surface area contributed by atoms with Gasteiger partial charge >= 0.3 is 6.09 Å². The number of nitrogens with zero attached hydrogens (tertiary/aromatic N) is 4. The van der Waals surface area contributed by atoms with Gasteiger partial charge in [-0.05, 0) is 45.2 Å². The summed E-state index contributed by atoms with van der Waals surface area (Å²) in [5.41, 5.74) is -0.528. The van der Waals surface area contributed by atoms with E-state index in [1.54, 1.807) is 4.90 Å². The van der Waals surface area contributed by atoms with Crippen LogP contribution in [0.5, 0.6) is 0 Å². The Morgan fingerprint density at radius 3 is 2.52 bits per heavy atom. The van der Waals surface area contributed by atoms with Crippen LogP contribution in [-0.4, -0.2) is 51.7 Å². The number of fused-ring (bicyclic) bond motifs is 2. The minimum atomic E-state index is -0.528. The number of ether oxygens (including phenoxy) is 1. The Balaban J connectivity index is 1.77. The van der Waals surface area contributed by atoms with Gasteiger partial charge in [-0.25, -0.2) is 14.2 Å². The number of halogens is 2. The van der Waals surface area contributed by atoms with E-state index >= 15 is 0 Å². The molecule has 2 bridgehead atoms. The number of hydrogen-bond acceptors (Lipinski definition) is 5. The molecule has 0 aromatic carbocycles. The summed E-state index contributed by atoms with van der Waals surface area (Å²) >= 11 is 5.78. The van der Waals surface area contributed by atoms with Crippen molar-refractivity contribution in [2.45, 2.75) is 51.3 Å². The first-order valence-corrected chi connectivity index (χ1v) is 8.07. The zero-order valence-electron chi connectivity index (χ0n) is 13.4. The molecular weight excluding hydrogens is 323 g/mol. The summed E-state index contributed by atoms with van der Waals surface area (Å²) in [5, 5.41) is 0.0170. The highest BCUT2D eigenvalue weighted by Gasteiger charge is 2.45. The van der Waals surface area contributed by atoms with Crippen LogP contribution in [0.15, 0.2) is 6.20 Å². The Morgan fingerprint density at radius 1 is 1.35 bits per heavy atom. The van der Waals surface area contributed by atoms with Gasteiger partial charge in [0, 0.05) is 13.1 Å². The second-order valence-electron chi connectivity index (χ2n) is 6.99. The fourth-order valence-electron chi connectivity index (χ4n) is 3.25. The lowest BCUT2D eigenvalue weighted by Crippen LogP contribution is -2.57. The van der Waals surface area contributed by atoms with Gasteiger partial charge in [0.1, 0.15) is 5.60 Å². The topological polar surface area (TPSA) is 58.6 Å². The van der Waals surface area contributed by atoms with Crippen molar-refractivity contribution in [3.8, 4) is 0 Å². The van der Waals surface area contributed by atoms with Gasteiger partial charge < -0.3 is 9.64 Å². The fraction of sp³-hybridized carbons (Fsp3) is 0.667. The largest absolute Gasteiger partial charge is 0.444 e. The first-order valence-electron chi connectivity index (χ1n) is 7.69. The van der Waals surface area contributed by atoms with E-state index in [9.17, 15) is 9.18 Å². The lowest BCUT2D eigenvalue weighted by Gasteiger charge is -2.41. The molecule has 3 heterocycles. The van der Waals surface area contributed by atoms with Gasteiger partial charge in [-0.3, -0.25) is 4.90 Å². The van der Waals surface area contributed by atoms with Crippen LogP contribution in [0.3, 0.4) is 0 Å². The van der Waals surface area contributed by atoms with Crippen LogP contribution in [0, 0.1) is 5.82 Å². The Labute approximate surface area is 139 Å². The molecule has 0 spiro atoms. The van der Waals surface area contributed by atoms with Crippen LogP contribution in [0.2, 0.25) is 5.28 Å². The Kier molecular flexibility index (Phi) is 4.08. The first-order chi connectivity index (χ1) is 10.7. The van der Waals surface area contributed by atoms with E-state index in [1.807, 2.05) is 25.7 Å². The molecule has 2 aliphatic heterocycles. The van der Waals surface area contributed by atoms with Gasteiger partial charge in [-0.2, -0.15) is 4.98 Å². The number of carbonyl (C=O) groups excluding carboxylic acids is 1. The molecule has 0 N–H and O–H groups in total. The molecule has 1 aromatic heterocycles. The van der Waals surface area contributed by atoms with Gasteiger partial charge in [-0.15, -0.1) is 0 Å². The zero-order valence-corrected chi connectivity index (χ0v) is 14.2. The lowest BCUT2D eigenvalue weighted by atomic mass is 10.2. The van der Waals surface area contributed by atoms with Crippen LogP contribution < -0.4 is 4.90 Å². The molecule has 1 amide bonds. The number of piperazine rings is 1. The number of aromatic nitrogens is 2. The summed E-state index contributed by atoms with van der Waals surface area (Å²) in [5.74, 6) is -0.301. The minimum absolute atomic E-state index is 0.00302. The second-order valence-corrected chi connectivity index (χ2v) is 7.33. The molecule has 126 valence electrons. The molecule has 1 aromatic rings. The van der Waals surface area contributed by atoms with Crippen LogP contribution in [0.4, 0.5) is 15.0 Å². The third kappa shape index (κ3) is 3.34. The van der Waals surface area contributed by atoms with Gasteiger partial charge in [0.2, 0.25) is 5.28 Å². The highest BCUT2D eigenvalue weighted by Crippen LogP contribution is 2.34. The Morgan fingerprint density at radius 2 is 1.96 bits per heavy atom. The summed E-state index contributed by atoms with van der Waals surface area (Å²) in [6.07, 6.45) is 2.53. The molecule has 2 saturated heterocycles. The quantitative estimate of drug-likeness (QED) is 0.734. The van der Waals surface area contributed by atoms with E-state index in [0.717, 1.165) is 19.0 Å². The normalized spacial score (nSPS) is 24.0. The van der Waals surface area contributed by atoms with Crippen molar-refractivity contribution in [2.75, 3.05) is 18.0 Å². The summed E-state index contributed by atoms with van der Waals surface area (Å²) in [7, 11) is 0. The fourth-order valence-corrected chi connectivity index (χ4v) is 3.38. The van der Waals surface area contributed by atoms with Crippen molar-refractivity contribution in [3.63, 3.8) is 0 Å². The number of carbonyl (C=O) groups is 1. The molecule has 2 atom stereocenters. The van der Waals surface area contributed by atoms with Crippen molar-refractivity contribution in [1.82, 2.24) is 14.9 Å². The molecule has 0 radical (unpaired) electrons. The first kappa shape index (κ1) is 16.2. The van der Waals surface area contributed by atoms with E-state index in [4.69, 9.17) is 16.3 Å². The van der Waals surface area contributed by atoms with Crippen molar-refractivity contribution in [3.05, 3.63) is 17.3 Å². The third-order valence-electron chi connectivity index (χ3n) is 4.08. The smallest absolute Gasteiger partial charge is 0.410 e. The summed E-state index contributed by atoms with van der Waals surface area (Å²) in [4.78, 5) is 23.7. The SMILES string of the molecule is CC(C)(C)OC(=O)N1[C@@H]2CC[C@H]1CN(c1nc(Cl)ncc1F)C2. The van der Waals surface area contributed by atoms with Gasteiger partial charge in [0.25, 0.3) is 0 Å². The van der Waals surface area contributed by atoms with Crippen LogP contribution in [0.25, 0.3) is 0 Å². The average molecular weight is 343 g/mol. The number of anilines is 1. The third-order valence-corrected chi connectivity index (χ3v) is 4.26. The molecule has 0 unspecified atom stereocenters. The molecule has 2 aliphatic rings. The standard InChI is InChI=1S/C15H20ClFN4O2/c1-15(2,3)23-14(22)21-9-4-5-10(21)8-20(7-9)12-11(17)6-18-13(16)19-12/h6,9-10H,4-5,7-8H2,1-3H3/t9-,10+. The van der Waals surface area contributed by atoms with E-state index in [0.29, 0.717) is 13.1 Å². The maximum Gasteiger partial charge on any atom is 0.410 e. The zero-order chi connectivity index (χ0) is 16.8. The van der Waals surface area contributed by atoms with Crippen LogP contribution >= 0.6 is 11.6 Å². The summed E-state index contributed by atoms with van der Waals surface area (Å²) < 4.78 is 19.5.